The number of aromatic nitrogens is 2. The molecular weight excluding hydrogens is 507 g/mol. The van der Waals surface area contributed by atoms with E-state index < -0.39 is 5.60 Å². The Morgan fingerprint density at radius 1 is 1.26 bits per heavy atom. The smallest absolute Gasteiger partial charge is 0.410 e. The van der Waals surface area contributed by atoms with E-state index in [0.29, 0.717) is 12.5 Å². The summed E-state index contributed by atoms with van der Waals surface area (Å²) >= 11 is 0. The molecule has 0 atom stereocenters. The van der Waals surface area contributed by atoms with Crippen LogP contribution in [0.25, 0.3) is 0 Å². The molecule has 2 aliphatic rings. The number of ether oxygens (including phenoxy) is 1. The number of rotatable bonds is 7. The number of hydrogen-bond donors (Lipinski definition) is 1. The van der Waals surface area contributed by atoms with Gasteiger partial charge in [0.1, 0.15) is 5.60 Å². The van der Waals surface area contributed by atoms with Gasteiger partial charge in [-0.25, -0.2) is 9.78 Å². The number of imidazole rings is 1. The molecule has 0 aromatic carbocycles. The van der Waals surface area contributed by atoms with Crippen LogP contribution in [0.3, 0.4) is 0 Å². The normalized spacial score (nSPS) is 17.8. The summed E-state index contributed by atoms with van der Waals surface area (Å²) in [5.74, 6) is 1.61. The number of carbonyl (C=O) groups excluding carboxylic acids is 1. The number of amides is 1. The third-order valence-electron chi connectivity index (χ3n) is 5.50. The van der Waals surface area contributed by atoms with E-state index in [4.69, 9.17) is 9.73 Å². The fourth-order valence-corrected chi connectivity index (χ4v) is 3.78. The zero-order valence-corrected chi connectivity index (χ0v) is 21.7. The van der Waals surface area contributed by atoms with E-state index in [1.165, 1.54) is 12.8 Å². The highest BCUT2D eigenvalue weighted by atomic mass is 127. The van der Waals surface area contributed by atoms with Crippen LogP contribution in [0.4, 0.5) is 4.79 Å². The molecule has 9 heteroatoms. The van der Waals surface area contributed by atoms with Crippen LogP contribution in [0.5, 0.6) is 0 Å². The molecule has 2 fully saturated rings. The molecule has 2 heterocycles. The lowest BCUT2D eigenvalue weighted by Gasteiger charge is -2.40. The van der Waals surface area contributed by atoms with Crippen molar-refractivity contribution in [2.45, 2.75) is 71.6 Å². The molecule has 1 aromatic heterocycles. The first kappa shape index (κ1) is 25.7. The van der Waals surface area contributed by atoms with Crippen molar-refractivity contribution in [1.29, 1.82) is 0 Å². The molecule has 1 aromatic rings. The monoisotopic (exact) mass is 546 g/mol. The van der Waals surface area contributed by atoms with Gasteiger partial charge in [-0.2, -0.15) is 0 Å². The van der Waals surface area contributed by atoms with Gasteiger partial charge in [0.05, 0.1) is 12.9 Å². The summed E-state index contributed by atoms with van der Waals surface area (Å²) < 4.78 is 7.75. The van der Waals surface area contributed by atoms with Crippen LogP contribution >= 0.6 is 24.0 Å². The number of halogens is 1. The molecule has 1 N–H and O–H groups in total. The number of hydrogen-bond acceptors (Lipinski definition) is 4. The van der Waals surface area contributed by atoms with Gasteiger partial charge in [0.25, 0.3) is 0 Å². The van der Waals surface area contributed by atoms with E-state index in [0.717, 1.165) is 51.5 Å². The number of likely N-dealkylation sites (tertiary alicyclic amines) is 1. The van der Waals surface area contributed by atoms with Gasteiger partial charge >= 0.3 is 6.09 Å². The molecule has 1 amide bonds. The number of nitrogens with zero attached hydrogens (tertiary/aromatic N) is 5. The van der Waals surface area contributed by atoms with Gasteiger partial charge in [0.15, 0.2) is 5.96 Å². The van der Waals surface area contributed by atoms with Gasteiger partial charge < -0.3 is 24.4 Å². The molecule has 176 valence electrons. The minimum absolute atomic E-state index is 0. The SMILES string of the molecule is CCNC(=NCCn1ccnc1)N1CCC(N(CC2CC2)C(=O)OC(C)(C)C)CC1.I. The second-order valence-corrected chi connectivity index (χ2v) is 9.33. The lowest BCUT2D eigenvalue weighted by atomic mass is 10.0. The number of guanidine groups is 1. The van der Waals surface area contributed by atoms with Crippen LogP contribution in [0.1, 0.15) is 53.4 Å². The summed E-state index contributed by atoms with van der Waals surface area (Å²) in [6, 6.07) is 0.241. The van der Waals surface area contributed by atoms with Gasteiger partial charge in [-0.3, -0.25) is 4.99 Å². The van der Waals surface area contributed by atoms with Crippen LogP contribution in [-0.4, -0.2) is 75.8 Å². The van der Waals surface area contributed by atoms with Crippen LogP contribution < -0.4 is 5.32 Å². The Morgan fingerprint density at radius 3 is 2.52 bits per heavy atom. The van der Waals surface area contributed by atoms with Crippen LogP contribution in [-0.2, 0) is 11.3 Å². The molecule has 0 unspecified atom stereocenters. The van der Waals surface area contributed by atoms with Crippen molar-refractivity contribution in [3.8, 4) is 0 Å². The van der Waals surface area contributed by atoms with Gasteiger partial charge in [0, 0.05) is 51.2 Å². The van der Waals surface area contributed by atoms with E-state index in [1.807, 2.05) is 42.8 Å². The highest BCUT2D eigenvalue weighted by Gasteiger charge is 2.35. The Labute approximate surface area is 203 Å². The zero-order valence-electron chi connectivity index (χ0n) is 19.4. The van der Waals surface area contributed by atoms with Crippen LogP contribution in [0.15, 0.2) is 23.7 Å². The zero-order chi connectivity index (χ0) is 21.6. The Hall–Kier alpha value is -1.52. The summed E-state index contributed by atoms with van der Waals surface area (Å²) in [4.78, 5) is 26.0. The van der Waals surface area contributed by atoms with Crippen molar-refractivity contribution in [2.24, 2.45) is 10.9 Å². The molecule has 1 saturated heterocycles. The van der Waals surface area contributed by atoms with Gasteiger partial charge in [-0.1, -0.05) is 0 Å². The Balaban J connectivity index is 0.00000341. The first-order valence-corrected chi connectivity index (χ1v) is 11.3. The predicted molar refractivity (Wildman–Crippen MR) is 134 cm³/mol. The lowest BCUT2D eigenvalue weighted by Crippen LogP contribution is -2.52. The summed E-state index contributed by atoms with van der Waals surface area (Å²) in [5, 5.41) is 3.42. The number of nitrogens with one attached hydrogen (secondary N) is 1. The number of aliphatic imine (C=N–C) groups is 1. The Morgan fingerprint density at radius 2 is 1.97 bits per heavy atom. The van der Waals surface area contributed by atoms with Gasteiger partial charge in [-0.15, -0.1) is 24.0 Å². The second-order valence-electron chi connectivity index (χ2n) is 9.33. The maximum Gasteiger partial charge on any atom is 0.410 e. The number of piperidine rings is 1. The maximum absolute atomic E-state index is 12.8. The number of carbonyl (C=O) groups is 1. The van der Waals surface area contributed by atoms with Gasteiger partial charge in [0.2, 0.25) is 0 Å². The topological polar surface area (TPSA) is 75.0 Å². The van der Waals surface area contributed by atoms with E-state index in [2.05, 4.69) is 22.1 Å². The molecule has 0 radical (unpaired) electrons. The highest BCUT2D eigenvalue weighted by Crippen LogP contribution is 2.32. The quantitative estimate of drug-likeness (QED) is 0.322. The molecule has 31 heavy (non-hydrogen) atoms. The van der Waals surface area contributed by atoms with Gasteiger partial charge in [-0.05, 0) is 59.3 Å². The van der Waals surface area contributed by atoms with Crippen molar-refractivity contribution >= 4 is 36.0 Å². The van der Waals surface area contributed by atoms with E-state index in [-0.39, 0.29) is 36.1 Å². The summed E-state index contributed by atoms with van der Waals surface area (Å²) in [6.07, 6.45) is 9.75. The first-order chi connectivity index (χ1) is 14.4. The lowest BCUT2D eigenvalue weighted by molar-refractivity contribution is 0.00928. The molecular formula is C22H39IN6O2. The molecule has 0 bridgehead atoms. The largest absolute Gasteiger partial charge is 0.444 e. The van der Waals surface area contributed by atoms with Crippen molar-refractivity contribution in [1.82, 2.24) is 24.7 Å². The van der Waals surface area contributed by atoms with E-state index in [1.54, 1.807) is 6.20 Å². The summed E-state index contributed by atoms with van der Waals surface area (Å²) in [5.41, 5.74) is -0.459. The Kier molecular flexibility index (Phi) is 9.90. The molecule has 0 spiro atoms. The van der Waals surface area contributed by atoms with Crippen molar-refractivity contribution < 1.29 is 9.53 Å². The third-order valence-corrected chi connectivity index (χ3v) is 5.50. The minimum Gasteiger partial charge on any atom is -0.444 e. The summed E-state index contributed by atoms with van der Waals surface area (Å²) in [6.45, 7) is 12.9. The average molecular weight is 546 g/mol. The van der Waals surface area contributed by atoms with Crippen LogP contribution in [0, 0.1) is 5.92 Å². The third kappa shape index (κ3) is 8.50. The fraction of sp³-hybridized carbons (Fsp3) is 0.773. The van der Waals surface area contributed by atoms with Crippen molar-refractivity contribution in [3.63, 3.8) is 0 Å². The van der Waals surface area contributed by atoms with E-state index in [9.17, 15) is 4.79 Å². The molecule has 1 aliphatic heterocycles. The standard InChI is InChI=1S/C22H38N6O2.HI/c1-5-24-20(25-11-15-26-14-10-23-17-26)27-12-8-19(9-13-27)28(16-18-6-7-18)21(29)30-22(2,3)4;/h10,14,17-19H,5-9,11-13,15-16H2,1-4H3,(H,24,25);1H. The van der Waals surface area contributed by atoms with Crippen LogP contribution in [0.2, 0.25) is 0 Å². The minimum atomic E-state index is -0.459. The first-order valence-electron chi connectivity index (χ1n) is 11.3. The van der Waals surface area contributed by atoms with Crippen molar-refractivity contribution in [3.05, 3.63) is 18.7 Å². The fourth-order valence-electron chi connectivity index (χ4n) is 3.78. The molecule has 3 rings (SSSR count). The summed E-state index contributed by atoms with van der Waals surface area (Å²) in [7, 11) is 0. The molecule has 8 nitrogen and oxygen atoms in total. The average Bonchev–Trinajstić information content (AvgIpc) is 3.37. The Bertz CT molecular complexity index is 691. The van der Waals surface area contributed by atoms with E-state index >= 15 is 0 Å². The highest BCUT2D eigenvalue weighted by molar-refractivity contribution is 14.0. The second kappa shape index (κ2) is 11.9. The maximum atomic E-state index is 12.8. The van der Waals surface area contributed by atoms with Crippen molar-refractivity contribution in [2.75, 3.05) is 32.7 Å². The predicted octanol–water partition coefficient (Wildman–Crippen LogP) is 3.58. The molecule has 1 saturated carbocycles. The molecule has 1 aliphatic carbocycles.